The van der Waals surface area contributed by atoms with Gasteiger partial charge in [0.1, 0.15) is 0 Å². The van der Waals surface area contributed by atoms with Crippen LogP contribution in [0.2, 0.25) is 0 Å². The van der Waals surface area contributed by atoms with Gasteiger partial charge in [0, 0.05) is 32.1 Å². The molecule has 1 saturated carbocycles. The quantitative estimate of drug-likeness (QED) is 0.721. The molecular weight excluding hydrogens is 447 g/mol. The van der Waals surface area contributed by atoms with E-state index in [4.69, 9.17) is 0 Å². The fourth-order valence-electron chi connectivity index (χ4n) is 4.84. The first-order valence-electron chi connectivity index (χ1n) is 11.2. The van der Waals surface area contributed by atoms with Gasteiger partial charge in [-0.05, 0) is 35.1 Å². The zero-order valence-electron chi connectivity index (χ0n) is 19.6. The smallest absolute Gasteiger partial charge is 0.352 e. The van der Waals surface area contributed by atoms with Crippen molar-refractivity contribution in [2.75, 3.05) is 36.4 Å². The number of alkyl halides is 3. The number of benzene rings is 1. The van der Waals surface area contributed by atoms with Crippen LogP contribution in [-0.2, 0) is 11.0 Å². The molecule has 2 aliphatic rings. The molecule has 4 rings (SSSR count). The van der Waals surface area contributed by atoms with Crippen molar-refractivity contribution >= 4 is 23.5 Å². The van der Waals surface area contributed by atoms with Crippen LogP contribution in [0.15, 0.2) is 36.4 Å². The summed E-state index contributed by atoms with van der Waals surface area (Å²) in [5, 5.41) is 11.1. The first-order chi connectivity index (χ1) is 15.8. The number of nitrogens with zero attached hydrogens (tertiary/aromatic N) is 4. The second-order valence-corrected chi connectivity index (χ2v) is 9.97. The third kappa shape index (κ3) is 4.21. The molecule has 10 heteroatoms. The number of aromatic nitrogens is 2. The summed E-state index contributed by atoms with van der Waals surface area (Å²) >= 11 is 0. The van der Waals surface area contributed by atoms with Crippen LogP contribution >= 0.6 is 0 Å². The number of hydrogen-bond acceptors (Lipinski definition) is 5. The van der Waals surface area contributed by atoms with E-state index in [2.05, 4.69) is 43.2 Å². The first kappa shape index (κ1) is 24.0. The summed E-state index contributed by atoms with van der Waals surface area (Å²) in [5.74, 6) is 0.123. The first-order valence-corrected chi connectivity index (χ1v) is 11.2. The van der Waals surface area contributed by atoms with Crippen LogP contribution in [0.25, 0.3) is 0 Å². The standard InChI is InChI=1S/C24H28F3N5O2/c1-22(2)19(23(22,3)4)20(33)28-17-9-10-18(30-29-17)31-11-13-32(14-12-31)21(34)15-7-5-6-8-16(15)24(25,26)27/h5-10,19H,11-14H2,1-4H3,(H,28,29,33). The van der Waals surface area contributed by atoms with E-state index < -0.39 is 17.6 Å². The lowest BCUT2D eigenvalue weighted by Crippen LogP contribution is -2.49. The molecule has 34 heavy (non-hydrogen) atoms. The van der Waals surface area contributed by atoms with Crippen LogP contribution in [0, 0.1) is 16.7 Å². The average Bonchev–Trinajstić information content (AvgIpc) is 3.21. The van der Waals surface area contributed by atoms with Gasteiger partial charge in [-0.1, -0.05) is 39.8 Å². The van der Waals surface area contributed by atoms with Crippen LogP contribution in [0.5, 0.6) is 0 Å². The Labute approximate surface area is 196 Å². The van der Waals surface area contributed by atoms with Gasteiger partial charge < -0.3 is 15.1 Å². The highest BCUT2D eigenvalue weighted by Gasteiger charge is 2.68. The number of halogens is 3. The monoisotopic (exact) mass is 475 g/mol. The molecule has 1 N–H and O–H groups in total. The molecule has 7 nitrogen and oxygen atoms in total. The van der Waals surface area contributed by atoms with Crippen LogP contribution in [0.3, 0.4) is 0 Å². The third-order valence-corrected chi connectivity index (χ3v) is 7.54. The number of amides is 2. The molecule has 2 heterocycles. The van der Waals surface area contributed by atoms with Crippen molar-refractivity contribution in [3.63, 3.8) is 0 Å². The molecule has 2 fully saturated rings. The SMILES string of the molecule is CC1(C)C(C(=O)Nc2ccc(N3CCN(C(=O)c4ccccc4C(F)(F)F)CC3)nn2)C1(C)C. The number of rotatable bonds is 4. The Balaban J connectivity index is 1.35. The summed E-state index contributed by atoms with van der Waals surface area (Å²) < 4.78 is 39.8. The summed E-state index contributed by atoms with van der Waals surface area (Å²) in [6.45, 7) is 9.61. The molecule has 0 bridgehead atoms. The van der Waals surface area contributed by atoms with Gasteiger partial charge in [-0.25, -0.2) is 0 Å². The van der Waals surface area contributed by atoms with Crippen molar-refractivity contribution in [2.24, 2.45) is 16.7 Å². The highest BCUT2D eigenvalue weighted by atomic mass is 19.4. The summed E-state index contributed by atoms with van der Waals surface area (Å²) in [4.78, 5) is 28.7. The number of anilines is 2. The van der Waals surface area contributed by atoms with Gasteiger partial charge in [0.15, 0.2) is 11.6 Å². The minimum atomic E-state index is -4.59. The Hall–Kier alpha value is -3.17. The van der Waals surface area contributed by atoms with Gasteiger partial charge in [-0.3, -0.25) is 9.59 Å². The van der Waals surface area contributed by atoms with Gasteiger partial charge in [0.05, 0.1) is 11.1 Å². The molecule has 1 aliphatic carbocycles. The lowest BCUT2D eigenvalue weighted by molar-refractivity contribution is -0.138. The normalized spacial score (nSPS) is 19.6. The molecule has 182 valence electrons. The molecule has 2 aromatic rings. The van der Waals surface area contributed by atoms with E-state index in [0.717, 1.165) is 6.07 Å². The van der Waals surface area contributed by atoms with E-state index in [-0.39, 0.29) is 41.3 Å². The second-order valence-electron chi connectivity index (χ2n) is 9.97. The zero-order valence-corrected chi connectivity index (χ0v) is 19.6. The molecular formula is C24H28F3N5O2. The molecule has 0 atom stereocenters. The van der Waals surface area contributed by atoms with E-state index in [1.807, 2.05) is 4.90 Å². The number of carbonyl (C=O) groups excluding carboxylic acids is 2. The Morgan fingerprint density at radius 2 is 1.56 bits per heavy atom. The zero-order chi connectivity index (χ0) is 24.9. The largest absolute Gasteiger partial charge is 0.417 e. The van der Waals surface area contributed by atoms with Crippen LogP contribution < -0.4 is 10.2 Å². The predicted molar refractivity (Wildman–Crippen MR) is 121 cm³/mol. The molecule has 0 radical (unpaired) electrons. The van der Waals surface area contributed by atoms with Crippen molar-refractivity contribution in [3.05, 3.63) is 47.5 Å². The number of hydrogen-bond donors (Lipinski definition) is 1. The summed E-state index contributed by atoms with van der Waals surface area (Å²) in [6, 6.07) is 8.25. The summed E-state index contributed by atoms with van der Waals surface area (Å²) in [7, 11) is 0. The third-order valence-electron chi connectivity index (χ3n) is 7.54. The van der Waals surface area contributed by atoms with Gasteiger partial charge in [-0.15, -0.1) is 10.2 Å². The van der Waals surface area contributed by atoms with Crippen molar-refractivity contribution in [1.29, 1.82) is 0 Å². The van der Waals surface area contributed by atoms with Gasteiger partial charge in [-0.2, -0.15) is 13.2 Å². The van der Waals surface area contributed by atoms with E-state index in [0.29, 0.717) is 24.7 Å². The summed E-state index contributed by atoms with van der Waals surface area (Å²) in [6.07, 6.45) is -4.59. The number of carbonyl (C=O) groups is 2. The van der Waals surface area contributed by atoms with E-state index in [1.54, 1.807) is 12.1 Å². The Kier molecular flexibility index (Phi) is 5.81. The maximum Gasteiger partial charge on any atom is 0.417 e. The molecule has 1 saturated heterocycles. The minimum Gasteiger partial charge on any atom is -0.352 e. The predicted octanol–water partition coefficient (Wildman–Crippen LogP) is 4.08. The average molecular weight is 476 g/mol. The van der Waals surface area contributed by atoms with Crippen molar-refractivity contribution in [2.45, 2.75) is 33.9 Å². The summed E-state index contributed by atoms with van der Waals surface area (Å²) in [5.41, 5.74) is -1.43. The fraction of sp³-hybridized carbons (Fsp3) is 0.500. The number of piperazine rings is 1. The van der Waals surface area contributed by atoms with E-state index >= 15 is 0 Å². The lowest BCUT2D eigenvalue weighted by Gasteiger charge is -2.35. The minimum absolute atomic E-state index is 0.0803. The molecule has 1 aromatic carbocycles. The van der Waals surface area contributed by atoms with Crippen molar-refractivity contribution < 1.29 is 22.8 Å². The maximum atomic E-state index is 13.3. The second kappa shape index (κ2) is 8.25. The molecule has 0 spiro atoms. The lowest BCUT2D eigenvalue weighted by atomic mass is 10.0. The van der Waals surface area contributed by atoms with E-state index in [9.17, 15) is 22.8 Å². The molecule has 1 aromatic heterocycles. The highest BCUT2D eigenvalue weighted by molar-refractivity contribution is 5.96. The van der Waals surface area contributed by atoms with Crippen LogP contribution in [0.1, 0.15) is 43.6 Å². The van der Waals surface area contributed by atoms with Crippen LogP contribution in [-0.4, -0.2) is 53.1 Å². The van der Waals surface area contributed by atoms with Gasteiger partial charge >= 0.3 is 6.18 Å². The fourth-order valence-corrected chi connectivity index (χ4v) is 4.84. The van der Waals surface area contributed by atoms with Gasteiger partial charge in [0.25, 0.3) is 5.91 Å². The Morgan fingerprint density at radius 1 is 0.941 bits per heavy atom. The molecule has 2 amide bonds. The maximum absolute atomic E-state index is 13.3. The Morgan fingerprint density at radius 3 is 2.09 bits per heavy atom. The van der Waals surface area contributed by atoms with Crippen molar-refractivity contribution in [1.82, 2.24) is 15.1 Å². The van der Waals surface area contributed by atoms with Crippen LogP contribution in [0.4, 0.5) is 24.8 Å². The van der Waals surface area contributed by atoms with E-state index in [1.165, 1.54) is 23.1 Å². The highest BCUT2D eigenvalue weighted by Crippen LogP contribution is 2.68. The molecule has 0 unspecified atom stereocenters. The topological polar surface area (TPSA) is 78.4 Å². The van der Waals surface area contributed by atoms with Gasteiger partial charge in [0.2, 0.25) is 5.91 Å². The Bertz CT molecular complexity index is 1080. The number of nitrogens with one attached hydrogen (secondary N) is 1. The van der Waals surface area contributed by atoms with Crippen molar-refractivity contribution in [3.8, 4) is 0 Å². The molecule has 1 aliphatic heterocycles.